The molecule has 1 atom stereocenters. The van der Waals surface area contributed by atoms with E-state index in [1.54, 1.807) is 11.8 Å². The normalized spacial score (nSPS) is 16.8. The van der Waals surface area contributed by atoms with Gasteiger partial charge in [-0.3, -0.25) is 19.2 Å². The van der Waals surface area contributed by atoms with E-state index < -0.39 is 23.7 Å². The van der Waals surface area contributed by atoms with Crippen molar-refractivity contribution in [3.63, 3.8) is 0 Å². The van der Waals surface area contributed by atoms with Crippen LogP contribution in [-0.2, 0) is 16.0 Å². The van der Waals surface area contributed by atoms with E-state index in [1.165, 1.54) is 18.2 Å². The first kappa shape index (κ1) is 27.5. The van der Waals surface area contributed by atoms with Gasteiger partial charge in [-0.05, 0) is 48.7 Å². The molecule has 3 aromatic rings. The molecule has 3 amide bonds. The number of carbonyl (C=O) groups excluding carboxylic acids is 4. The lowest BCUT2D eigenvalue weighted by Gasteiger charge is -2.20. The number of aryl methyl sites for hydroxylation is 2. The molecule has 200 valence electrons. The standard InChI is InChI=1S/C28H20Cl4N2O5/c1-3-14-6-4-5-7-18(14)33-12-15(11-19(33)35)28(38)39-16-8-9-17(13(2)10-16)34-26(36)20-21(27(34)37)23(30)25(32)24(31)22(20)29/h4-10,15H,3,11-12H2,1-2H3/t15-/m1/s1. The van der Waals surface area contributed by atoms with E-state index in [2.05, 4.69) is 0 Å². The van der Waals surface area contributed by atoms with Crippen LogP contribution in [-0.4, -0.2) is 30.2 Å². The number of rotatable bonds is 5. The summed E-state index contributed by atoms with van der Waals surface area (Å²) in [5.74, 6) is -2.53. The zero-order valence-electron chi connectivity index (χ0n) is 20.7. The van der Waals surface area contributed by atoms with Gasteiger partial charge in [-0.2, -0.15) is 0 Å². The van der Waals surface area contributed by atoms with Gasteiger partial charge in [0.05, 0.1) is 42.8 Å². The van der Waals surface area contributed by atoms with Crippen molar-refractivity contribution in [2.24, 2.45) is 5.92 Å². The van der Waals surface area contributed by atoms with Crippen molar-refractivity contribution in [3.05, 3.63) is 84.8 Å². The molecule has 0 bridgehead atoms. The summed E-state index contributed by atoms with van der Waals surface area (Å²) >= 11 is 24.6. The first-order valence-electron chi connectivity index (χ1n) is 12.0. The average Bonchev–Trinajstić information content (AvgIpc) is 3.43. The van der Waals surface area contributed by atoms with Crippen LogP contribution >= 0.6 is 46.4 Å². The topological polar surface area (TPSA) is 84.0 Å². The number of anilines is 2. The Labute approximate surface area is 244 Å². The van der Waals surface area contributed by atoms with Gasteiger partial charge in [0.15, 0.2) is 0 Å². The Kier molecular flexibility index (Phi) is 7.37. The maximum atomic E-state index is 13.2. The molecule has 0 radical (unpaired) electrons. The number of imide groups is 1. The second kappa shape index (κ2) is 10.5. The highest BCUT2D eigenvalue weighted by molar-refractivity contribution is 6.56. The molecule has 1 saturated heterocycles. The third kappa shape index (κ3) is 4.57. The summed E-state index contributed by atoms with van der Waals surface area (Å²) in [4.78, 5) is 54.6. The molecular weight excluding hydrogens is 586 g/mol. The molecule has 2 aliphatic rings. The van der Waals surface area contributed by atoms with Crippen molar-refractivity contribution >= 4 is 81.5 Å². The van der Waals surface area contributed by atoms with Gasteiger partial charge in [0.25, 0.3) is 11.8 Å². The van der Waals surface area contributed by atoms with Crippen LogP contribution in [0.3, 0.4) is 0 Å². The van der Waals surface area contributed by atoms with Gasteiger partial charge in [-0.1, -0.05) is 71.5 Å². The molecule has 0 saturated carbocycles. The minimum absolute atomic E-state index is 0.0373. The number of para-hydroxylation sites is 1. The Hall–Kier alpha value is -3.10. The van der Waals surface area contributed by atoms with Crippen molar-refractivity contribution < 1.29 is 23.9 Å². The lowest BCUT2D eigenvalue weighted by Crippen LogP contribution is -2.30. The summed E-state index contributed by atoms with van der Waals surface area (Å²) in [5, 5.41) is -0.559. The van der Waals surface area contributed by atoms with Crippen molar-refractivity contribution in [3.8, 4) is 5.75 Å². The first-order valence-corrected chi connectivity index (χ1v) is 13.5. The molecule has 11 heteroatoms. The number of nitrogens with zero attached hydrogens (tertiary/aromatic N) is 2. The maximum absolute atomic E-state index is 13.2. The molecule has 0 N–H and O–H groups in total. The average molecular weight is 606 g/mol. The molecule has 0 aromatic heterocycles. The second-order valence-electron chi connectivity index (χ2n) is 9.21. The Morgan fingerprint density at radius 1 is 0.897 bits per heavy atom. The van der Waals surface area contributed by atoms with Gasteiger partial charge in [0.2, 0.25) is 5.91 Å². The number of ether oxygens (including phenoxy) is 1. The molecule has 0 spiro atoms. The maximum Gasteiger partial charge on any atom is 0.316 e. The zero-order valence-corrected chi connectivity index (χ0v) is 23.7. The highest BCUT2D eigenvalue weighted by Crippen LogP contribution is 2.46. The summed E-state index contributed by atoms with van der Waals surface area (Å²) in [7, 11) is 0. The highest BCUT2D eigenvalue weighted by atomic mass is 35.5. The quantitative estimate of drug-likeness (QED) is 0.103. The largest absolute Gasteiger partial charge is 0.426 e. The van der Waals surface area contributed by atoms with Crippen LogP contribution in [0.15, 0.2) is 42.5 Å². The molecular formula is C28H20Cl4N2O5. The van der Waals surface area contributed by atoms with Gasteiger partial charge in [0, 0.05) is 18.7 Å². The van der Waals surface area contributed by atoms with Crippen LogP contribution < -0.4 is 14.5 Å². The summed E-state index contributed by atoms with van der Waals surface area (Å²) in [5.41, 5.74) is 2.28. The number of benzene rings is 3. The van der Waals surface area contributed by atoms with Crippen LogP contribution in [0, 0.1) is 12.8 Å². The van der Waals surface area contributed by atoms with Gasteiger partial charge >= 0.3 is 5.97 Å². The van der Waals surface area contributed by atoms with Crippen molar-refractivity contribution in [2.45, 2.75) is 26.7 Å². The number of amides is 3. The van der Waals surface area contributed by atoms with E-state index in [1.807, 2.05) is 31.2 Å². The van der Waals surface area contributed by atoms with E-state index in [9.17, 15) is 19.2 Å². The fourth-order valence-corrected chi connectivity index (χ4v) is 5.90. The predicted molar refractivity (Wildman–Crippen MR) is 151 cm³/mol. The lowest BCUT2D eigenvalue weighted by atomic mass is 10.1. The van der Waals surface area contributed by atoms with Crippen LogP contribution in [0.1, 0.15) is 45.2 Å². The van der Waals surface area contributed by atoms with E-state index in [0.717, 1.165) is 22.6 Å². The molecule has 1 fully saturated rings. The lowest BCUT2D eigenvalue weighted by molar-refractivity contribution is -0.139. The molecule has 39 heavy (non-hydrogen) atoms. The number of hydrogen-bond acceptors (Lipinski definition) is 5. The van der Waals surface area contributed by atoms with E-state index in [0.29, 0.717) is 5.56 Å². The Balaban J connectivity index is 1.35. The number of halogens is 4. The van der Waals surface area contributed by atoms with Crippen molar-refractivity contribution in [1.82, 2.24) is 0 Å². The van der Waals surface area contributed by atoms with E-state index >= 15 is 0 Å². The minimum atomic E-state index is -0.703. The number of carbonyl (C=O) groups is 4. The van der Waals surface area contributed by atoms with Crippen LogP contribution in [0.5, 0.6) is 5.75 Å². The van der Waals surface area contributed by atoms with E-state index in [4.69, 9.17) is 51.1 Å². The zero-order chi connectivity index (χ0) is 28.2. The molecule has 2 heterocycles. The Morgan fingerprint density at radius 2 is 1.51 bits per heavy atom. The van der Waals surface area contributed by atoms with Crippen molar-refractivity contribution in [2.75, 3.05) is 16.3 Å². The van der Waals surface area contributed by atoms with Crippen LogP contribution in [0.25, 0.3) is 0 Å². The number of esters is 1. The fourth-order valence-electron chi connectivity index (χ4n) is 4.88. The molecule has 0 unspecified atom stereocenters. The minimum Gasteiger partial charge on any atom is -0.426 e. The smallest absolute Gasteiger partial charge is 0.316 e. The predicted octanol–water partition coefficient (Wildman–Crippen LogP) is 6.93. The molecule has 7 nitrogen and oxygen atoms in total. The summed E-state index contributed by atoms with van der Waals surface area (Å²) < 4.78 is 5.59. The van der Waals surface area contributed by atoms with Gasteiger partial charge in [-0.25, -0.2) is 4.90 Å². The summed E-state index contributed by atoms with van der Waals surface area (Å²) in [6.07, 6.45) is 0.794. The van der Waals surface area contributed by atoms with Gasteiger partial charge in [-0.15, -0.1) is 0 Å². The first-order chi connectivity index (χ1) is 18.5. The number of fused-ring (bicyclic) bond motifs is 1. The third-order valence-corrected chi connectivity index (χ3v) is 8.65. The fraction of sp³-hybridized carbons (Fsp3) is 0.214. The Morgan fingerprint density at radius 3 is 2.10 bits per heavy atom. The molecule has 0 aliphatic carbocycles. The Bertz CT molecular complexity index is 1540. The SMILES string of the molecule is CCc1ccccc1N1C[C@H](C(=O)Oc2ccc(N3C(=O)c4c(Cl)c(Cl)c(Cl)c(Cl)c4C3=O)c(C)c2)CC1=O. The molecule has 3 aromatic carbocycles. The monoisotopic (exact) mass is 604 g/mol. The molecule has 5 rings (SSSR count). The summed E-state index contributed by atoms with van der Waals surface area (Å²) in [6.45, 7) is 3.88. The summed E-state index contributed by atoms with van der Waals surface area (Å²) in [6, 6.07) is 12.1. The number of hydrogen-bond donors (Lipinski definition) is 0. The van der Waals surface area contributed by atoms with Crippen molar-refractivity contribution in [1.29, 1.82) is 0 Å². The highest BCUT2D eigenvalue weighted by Gasteiger charge is 2.43. The van der Waals surface area contributed by atoms with Crippen LogP contribution in [0.4, 0.5) is 11.4 Å². The molecule has 2 aliphatic heterocycles. The second-order valence-corrected chi connectivity index (χ2v) is 10.7. The van der Waals surface area contributed by atoms with E-state index in [-0.39, 0.29) is 61.5 Å². The van der Waals surface area contributed by atoms with Gasteiger partial charge in [0.1, 0.15) is 5.75 Å². The van der Waals surface area contributed by atoms with Crippen LogP contribution in [0.2, 0.25) is 20.1 Å². The van der Waals surface area contributed by atoms with Gasteiger partial charge < -0.3 is 9.64 Å². The third-order valence-electron chi connectivity index (χ3n) is 6.85.